The van der Waals surface area contributed by atoms with Crippen molar-refractivity contribution in [2.24, 2.45) is 5.73 Å². The predicted molar refractivity (Wildman–Crippen MR) is 74.6 cm³/mol. The summed E-state index contributed by atoms with van der Waals surface area (Å²) in [7, 11) is 1.44. The smallest absolute Gasteiger partial charge is 0.165 e. The minimum Gasteiger partial charge on any atom is -0.494 e. The first kappa shape index (κ1) is 12.9. The largest absolute Gasteiger partial charge is 0.494 e. The number of rotatable bonds is 3. The fourth-order valence-corrected chi connectivity index (χ4v) is 2.46. The second-order valence-corrected chi connectivity index (χ2v) is 4.84. The number of hydrogen-bond acceptors (Lipinski definition) is 3. The van der Waals surface area contributed by atoms with Gasteiger partial charge in [0.05, 0.1) is 19.8 Å². The van der Waals surface area contributed by atoms with Gasteiger partial charge in [0, 0.05) is 6.42 Å². The molecule has 2 aromatic carbocycles. The van der Waals surface area contributed by atoms with Gasteiger partial charge in [-0.1, -0.05) is 18.2 Å². The van der Waals surface area contributed by atoms with Crippen molar-refractivity contribution < 1.29 is 13.9 Å². The minimum absolute atomic E-state index is 0.211. The number of halogens is 1. The van der Waals surface area contributed by atoms with Gasteiger partial charge in [0.1, 0.15) is 5.75 Å². The van der Waals surface area contributed by atoms with Crippen molar-refractivity contribution in [3.8, 4) is 11.5 Å². The third-order valence-corrected chi connectivity index (χ3v) is 3.61. The van der Waals surface area contributed by atoms with Crippen LogP contribution in [0.2, 0.25) is 0 Å². The van der Waals surface area contributed by atoms with Crippen molar-refractivity contribution in [3.05, 3.63) is 58.9 Å². The summed E-state index contributed by atoms with van der Waals surface area (Å²) >= 11 is 0. The molecule has 0 saturated heterocycles. The zero-order chi connectivity index (χ0) is 14.1. The molecule has 0 fully saturated rings. The average molecular weight is 273 g/mol. The Morgan fingerprint density at radius 1 is 1.20 bits per heavy atom. The van der Waals surface area contributed by atoms with Crippen LogP contribution < -0.4 is 15.2 Å². The lowest BCUT2D eigenvalue weighted by molar-refractivity contribution is 0.357. The zero-order valence-corrected chi connectivity index (χ0v) is 11.2. The van der Waals surface area contributed by atoms with Gasteiger partial charge in [0.15, 0.2) is 11.6 Å². The number of methoxy groups -OCH3 is 1. The Hall–Kier alpha value is -2.07. The summed E-state index contributed by atoms with van der Waals surface area (Å²) in [5, 5.41) is 0. The molecule has 3 rings (SSSR count). The van der Waals surface area contributed by atoms with Gasteiger partial charge in [-0.15, -0.1) is 0 Å². The molecule has 1 aliphatic heterocycles. The molecule has 0 aliphatic carbocycles. The van der Waals surface area contributed by atoms with Gasteiger partial charge in [-0.3, -0.25) is 0 Å². The topological polar surface area (TPSA) is 44.5 Å². The normalized spacial score (nSPS) is 14.6. The van der Waals surface area contributed by atoms with E-state index >= 15 is 0 Å². The van der Waals surface area contributed by atoms with Crippen LogP contribution in [0.5, 0.6) is 11.5 Å². The van der Waals surface area contributed by atoms with Crippen LogP contribution in [-0.4, -0.2) is 13.7 Å². The maximum Gasteiger partial charge on any atom is 0.165 e. The van der Waals surface area contributed by atoms with Crippen LogP contribution in [0, 0.1) is 5.82 Å². The Morgan fingerprint density at radius 2 is 1.95 bits per heavy atom. The molecule has 0 aromatic heterocycles. The van der Waals surface area contributed by atoms with E-state index in [1.807, 2.05) is 12.1 Å². The van der Waals surface area contributed by atoms with E-state index in [-0.39, 0.29) is 17.6 Å². The van der Waals surface area contributed by atoms with Crippen molar-refractivity contribution in [2.75, 3.05) is 13.7 Å². The molecule has 20 heavy (non-hydrogen) atoms. The number of fused-ring (bicyclic) bond motifs is 1. The van der Waals surface area contributed by atoms with E-state index in [1.165, 1.54) is 18.7 Å². The van der Waals surface area contributed by atoms with Crippen molar-refractivity contribution in [3.63, 3.8) is 0 Å². The molecule has 0 bridgehead atoms. The van der Waals surface area contributed by atoms with Gasteiger partial charge in [0.2, 0.25) is 0 Å². The molecule has 1 aliphatic rings. The second-order valence-electron chi connectivity index (χ2n) is 4.84. The lowest BCUT2D eigenvalue weighted by Crippen LogP contribution is -2.12. The number of nitrogens with two attached hydrogens (primary N) is 1. The second kappa shape index (κ2) is 5.13. The zero-order valence-electron chi connectivity index (χ0n) is 11.2. The molecule has 0 radical (unpaired) electrons. The van der Waals surface area contributed by atoms with E-state index < -0.39 is 0 Å². The Labute approximate surface area is 117 Å². The maximum atomic E-state index is 13.4. The third kappa shape index (κ3) is 2.23. The van der Waals surface area contributed by atoms with Crippen LogP contribution in [0.1, 0.15) is 22.7 Å². The Kier molecular flexibility index (Phi) is 3.32. The molecular weight excluding hydrogens is 257 g/mol. The van der Waals surface area contributed by atoms with Crippen LogP contribution in [0.3, 0.4) is 0 Å². The molecule has 1 atom stereocenters. The van der Waals surface area contributed by atoms with Crippen LogP contribution in [0.4, 0.5) is 4.39 Å². The summed E-state index contributed by atoms with van der Waals surface area (Å²) < 4.78 is 23.9. The Bertz CT molecular complexity index is 631. The highest BCUT2D eigenvalue weighted by atomic mass is 19.1. The van der Waals surface area contributed by atoms with E-state index in [9.17, 15) is 4.39 Å². The molecule has 2 N–H and O–H groups in total. The van der Waals surface area contributed by atoms with E-state index in [0.717, 1.165) is 29.9 Å². The van der Waals surface area contributed by atoms with Gasteiger partial charge < -0.3 is 15.2 Å². The molecule has 104 valence electrons. The average Bonchev–Trinajstić information content (AvgIpc) is 2.94. The van der Waals surface area contributed by atoms with Crippen LogP contribution in [0.25, 0.3) is 0 Å². The Morgan fingerprint density at radius 3 is 2.75 bits per heavy atom. The summed E-state index contributed by atoms with van der Waals surface area (Å²) in [5.41, 5.74) is 9.25. The van der Waals surface area contributed by atoms with Crippen molar-refractivity contribution in [1.29, 1.82) is 0 Å². The first-order chi connectivity index (χ1) is 9.69. The molecule has 1 unspecified atom stereocenters. The number of hydrogen-bond donors (Lipinski definition) is 1. The van der Waals surface area contributed by atoms with Gasteiger partial charge >= 0.3 is 0 Å². The first-order valence-corrected chi connectivity index (χ1v) is 6.53. The van der Waals surface area contributed by atoms with E-state index in [1.54, 1.807) is 12.1 Å². The molecule has 0 spiro atoms. The van der Waals surface area contributed by atoms with Crippen molar-refractivity contribution in [1.82, 2.24) is 0 Å². The minimum atomic E-state index is -0.384. The third-order valence-electron chi connectivity index (χ3n) is 3.61. The predicted octanol–water partition coefficient (Wildman–Crippen LogP) is 2.82. The standard InChI is InChI=1S/C16H16FNO2/c1-19-15-9-12(2-4-13(15)17)16(18)11-3-5-14-10(8-11)6-7-20-14/h2-5,8-9,16H,6-7,18H2,1H3. The molecular formula is C16H16FNO2. The van der Waals surface area contributed by atoms with Gasteiger partial charge in [0.25, 0.3) is 0 Å². The maximum absolute atomic E-state index is 13.4. The summed E-state index contributed by atoms with van der Waals surface area (Å²) in [6.07, 6.45) is 0.905. The molecule has 2 aromatic rings. The lowest BCUT2D eigenvalue weighted by Gasteiger charge is -2.15. The van der Waals surface area contributed by atoms with Crippen molar-refractivity contribution >= 4 is 0 Å². The van der Waals surface area contributed by atoms with Crippen LogP contribution >= 0.6 is 0 Å². The van der Waals surface area contributed by atoms with E-state index in [4.69, 9.17) is 15.2 Å². The fraction of sp³-hybridized carbons (Fsp3) is 0.250. The summed E-state index contributed by atoms with van der Waals surface area (Å²) in [6.45, 7) is 0.721. The molecule has 0 amide bonds. The molecule has 1 heterocycles. The summed E-state index contributed by atoms with van der Waals surface area (Å²) in [6, 6.07) is 10.3. The molecule has 4 heteroatoms. The quantitative estimate of drug-likeness (QED) is 0.935. The lowest BCUT2D eigenvalue weighted by atomic mass is 9.97. The Balaban J connectivity index is 1.94. The molecule has 3 nitrogen and oxygen atoms in total. The van der Waals surface area contributed by atoms with E-state index in [0.29, 0.717) is 0 Å². The van der Waals surface area contributed by atoms with Crippen molar-refractivity contribution in [2.45, 2.75) is 12.5 Å². The SMILES string of the molecule is COc1cc(C(N)c2ccc3c(c2)CCO3)ccc1F. The first-order valence-electron chi connectivity index (χ1n) is 6.53. The van der Waals surface area contributed by atoms with Crippen LogP contribution in [-0.2, 0) is 6.42 Å². The number of benzene rings is 2. The highest BCUT2D eigenvalue weighted by Crippen LogP contribution is 2.31. The highest BCUT2D eigenvalue weighted by Gasteiger charge is 2.17. The highest BCUT2D eigenvalue weighted by molar-refractivity contribution is 5.44. The summed E-state index contributed by atoms with van der Waals surface area (Å²) in [4.78, 5) is 0. The van der Waals surface area contributed by atoms with Gasteiger partial charge in [-0.2, -0.15) is 0 Å². The van der Waals surface area contributed by atoms with Gasteiger partial charge in [-0.05, 0) is 34.9 Å². The molecule has 0 saturated carbocycles. The van der Waals surface area contributed by atoms with Gasteiger partial charge in [-0.25, -0.2) is 4.39 Å². The number of ether oxygens (including phenoxy) is 2. The summed E-state index contributed by atoms with van der Waals surface area (Å²) in [5.74, 6) is 0.755. The van der Waals surface area contributed by atoms with E-state index in [2.05, 4.69) is 6.07 Å². The monoisotopic (exact) mass is 273 g/mol. The van der Waals surface area contributed by atoms with Crippen LogP contribution in [0.15, 0.2) is 36.4 Å². The fourth-order valence-electron chi connectivity index (χ4n) is 2.46.